The summed E-state index contributed by atoms with van der Waals surface area (Å²) in [6.07, 6.45) is 6.97. The summed E-state index contributed by atoms with van der Waals surface area (Å²) < 4.78 is 1.87. The number of carbonyl (C=O) groups is 1. The van der Waals surface area contributed by atoms with E-state index >= 15 is 0 Å². The number of carboxylic acids is 1. The van der Waals surface area contributed by atoms with Crippen LogP contribution >= 0.6 is 0 Å². The number of unbranched alkanes of at least 4 members (excludes halogenated alkanes) is 1. The van der Waals surface area contributed by atoms with Crippen LogP contribution in [0, 0.1) is 0 Å². The Morgan fingerprint density at radius 2 is 2.35 bits per heavy atom. The smallest absolute Gasteiger partial charge is 0.303 e. The number of hydrogen-bond donors (Lipinski definition) is 2. The van der Waals surface area contributed by atoms with Crippen LogP contribution in [0.15, 0.2) is 24.7 Å². The second kappa shape index (κ2) is 5.29. The van der Waals surface area contributed by atoms with Gasteiger partial charge in [0, 0.05) is 30.9 Å². The van der Waals surface area contributed by atoms with Gasteiger partial charge < -0.3 is 5.11 Å². The van der Waals surface area contributed by atoms with Crippen LogP contribution in [0.2, 0.25) is 0 Å². The molecule has 0 radical (unpaired) electrons. The SMILES string of the molecule is O=C(O)CCCCn1nccc1-c1cn[nH]c1. The van der Waals surface area contributed by atoms with E-state index in [1.165, 1.54) is 0 Å². The molecule has 0 aromatic carbocycles. The Morgan fingerprint density at radius 3 is 3.06 bits per heavy atom. The van der Waals surface area contributed by atoms with E-state index in [0.717, 1.165) is 24.2 Å². The summed E-state index contributed by atoms with van der Waals surface area (Å²) >= 11 is 0. The van der Waals surface area contributed by atoms with Crippen LogP contribution in [-0.2, 0) is 11.3 Å². The van der Waals surface area contributed by atoms with Gasteiger partial charge in [-0.2, -0.15) is 10.2 Å². The molecule has 0 atom stereocenters. The van der Waals surface area contributed by atoms with Crippen LogP contribution in [0.25, 0.3) is 11.3 Å². The van der Waals surface area contributed by atoms with Gasteiger partial charge in [-0.3, -0.25) is 14.6 Å². The monoisotopic (exact) mass is 234 g/mol. The summed E-state index contributed by atoms with van der Waals surface area (Å²) in [6.45, 7) is 0.723. The zero-order valence-electron chi connectivity index (χ0n) is 9.33. The highest BCUT2D eigenvalue weighted by molar-refractivity contribution is 5.66. The van der Waals surface area contributed by atoms with Crippen LogP contribution in [0.4, 0.5) is 0 Å². The number of carboxylic acid groups (broad SMARTS) is 1. The van der Waals surface area contributed by atoms with Crippen molar-refractivity contribution in [2.24, 2.45) is 0 Å². The van der Waals surface area contributed by atoms with Gasteiger partial charge in [-0.15, -0.1) is 0 Å². The van der Waals surface area contributed by atoms with E-state index in [-0.39, 0.29) is 6.42 Å². The Morgan fingerprint density at radius 1 is 1.47 bits per heavy atom. The number of aromatic nitrogens is 4. The third-order valence-corrected chi connectivity index (χ3v) is 2.52. The van der Waals surface area contributed by atoms with Crippen LogP contribution in [0.1, 0.15) is 19.3 Å². The van der Waals surface area contributed by atoms with E-state index in [0.29, 0.717) is 6.42 Å². The standard InChI is InChI=1S/C11H14N4O2/c16-11(17)3-1-2-6-15-10(4-5-14-15)9-7-12-13-8-9/h4-5,7-8H,1-3,6H2,(H,12,13)(H,16,17). The topological polar surface area (TPSA) is 83.8 Å². The molecule has 0 spiro atoms. The summed E-state index contributed by atoms with van der Waals surface area (Å²) in [5, 5.41) is 19.4. The highest BCUT2D eigenvalue weighted by Gasteiger charge is 2.06. The van der Waals surface area contributed by atoms with Crippen molar-refractivity contribution >= 4 is 5.97 Å². The fourth-order valence-corrected chi connectivity index (χ4v) is 1.68. The molecule has 17 heavy (non-hydrogen) atoms. The molecule has 0 saturated carbocycles. The predicted molar refractivity (Wildman–Crippen MR) is 61.3 cm³/mol. The zero-order chi connectivity index (χ0) is 12.1. The summed E-state index contributed by atoms with van der Waals surface area (Å²) in [4.78, 5) is 10.4. The maximum absolute atomic E-state index is 10.4. The van der Waals surface area contributed by atoms with E-state index in [4.69, 9.17) is 5.11 Å². The molecular weight excluding hydrogens is 220 g/mol. The summed E-state index contributed by atoms with van der Waals surface area (Å²) in [7, 11) is 0. The third kappa shape index (κ3) is 2.93. The minimum absolute atomic E-state index is 0.211. The van der Waals surface area contributed by atoms with E-state index in [1.54, 1.807) is 12.4 Å². The molecule has 6 nitrogen and oxygen atoms in total. The number of aryl methyl sites for hydroxylation is 1. The molecule has 6 heteroatoms. The molecule has 0 aliphatic carbocycles. The lowest BCUT2D eigenvalue weighted by Gasteiger charge is -2.04. The van der Waals surface area contributed by atoms with E-state index < -0.39 is 5.97 Å². The van der Waals surface area contributed by atoms with Crippen molar-refractivity contribution in [2.45, 2.75) is 25.8 Å². The van der Waals surface area contributed by atoms with Gasteiger partial charge in [0.15, 0.2) is 0 Å². The van der Waals surface area contributed by atoms with Crippen LogP contribution in [0.5, 0.6) is 0 Å². The molecule has 0 aliphatic rings. The summed E-state index contributed by atoms with van der Waals surface area (Å²) in [5.74, 6) is -0.750. The minimum Gasteiger partial charge on any atom is -0.481 e. The summed E-state index contributed by atoms with van der Waals surface area (Å²) in [6, 6.07) is 1.92. The number of rotatable bonds is 6. The van der Waals surface area contributed by atoms with Gasteiger partial charge in [-0.25, -0.2) is 0 Å². The highest BCUT2D eigenvalue weighted by atomic mass is 16.4. The molecule has 2 N–H and O–H groups in total. The first kappa shape index (κ1) is 11.4. The second-order valence-corrected chi connectivity index (χ2v) is 3.78. The normalized spacial score (nSPS) is 10.6. The van der Waals surface area contributed by atoms with Crippen LogP contribution < -0.4 is 0 Å². The van der Waals surface area contributed by atoms with Crippen molar-refractivity contribution in [1.82, 2.24) is 20.0 Å². The molecule has 90 valence electrons. The number of hydrogen-bond acceptors (Lipinski definition) is 3. The maximum atomic E-state index is 10.4. The Balaban J connectivity index is 1.93. The molecule has 0 aliphatic heterocycles. The molecule has 0 saturated heterocycles. The fraction of sp³-hybridized carbons (Fsp3) is 0.364. The first-order valence-electron chi connectivity index (χ1n) is 5.50. The second-order valence-electron chi connectivity index (χ2n) is 3.78. The summed E-state index contributed by atoms with van der Waals surface area (Å²) in [5.41, 5.74) is 1.98. The number of nitrogens with zero attached hydrogens (tertiary/aromatic N) is 3. The third-order valence-electron chi connectivity index (χ3n) is 2.52. The van der Waals surface area contributed by atoms with Crippen molar-refractivity contribution < 1.29 is 9.90 Å². The van der Waals surface area contributed by atoms with Crippen molar-refractivity contribution in [3.8, 4) is 11.3 Å². The molecule has 2 aromatic heterocycles. The average molecular weight is 234 g/mol. The molecule has 2 heterocycles. The van der Waals surface area contributed by atoms with Crippen molar-refractivity contribution in [3.05, 3.63) is 24.7 Å². The van der Waals surface area contributed by atoms with E-state index in [1.807, 2.05) is 16.9 Å². The Hall–Kier alpha value is -2.11. The molecule has 2 rings (SSSR count). The lowest BCUT2D eigenvalue weighted by atomic mass is 10.2. The number of nitrogens with one attached hydrogen (secondary N) is 1. The van der Waals surface area contributed by atoms with Crippen molar-refractivity contribution in [2.75, 3.05) is 0 Å². The van der Waals surface area contributed by atoms with E-state index in [9.17, 15) is 4.79 Å². The zero-order valence-corrected chi connectivity index (χ0v) is 9.33. The lowest BCUT2D eigenvalue weighted by Crippen LogP contribution is -2.03. The Bertz CT molecular complexity index is 475. The van der Waals surface area contributed by atoms with Crippen molar-refractivity contribution in [3.63, 3.8) is 0 Å². The molecule has 0 bridgehead atoms. The molecule has 0 fully saturated rings. The van der Waals surface area contributed by atoms with Gasteiger partial charge in [0.1, 0.15) is 0 Å². The molecule has 2 aromatic rings. The van der Waals surface area contributed by atoms with E-state index in [2.05, 4.69) is 15.3 Å². The molecular formula is C11H14N4O2. The number of aliphatic carboxylic acids is 1. The lowest BCUT2D eigenvalue weighted by molar-refractivity contribution is -0.137. The predicted octanol–water partition coefficient (Wildman–Crippen LogP) is 1.53. The van der Waals surface area contributed by atoms with Crippen LogP contribution in [-0.4, -0.2) is 31.1 Å². The van der Waals surface area contributed by atoms with Crippen molar-refractivity contribution in [1.29, 1.82) is 0 Å². The largest absolute Gasteiger partial charge is 0.481 e. The maximum Gasteiger partial charge on any atom is 0.303 e. The average Bonchev–Trinajstić information content (AvgIpc) is 2.94. The van der Waals surface area contributed by atoms with Gasteiger partial charge in [-0.1, -0.05) is 0 Å². The molecule has 0 amide bonds. The fourth-order valence-electron chi connectivity index (χ4n) is 1.68. The highest BCUT2D eigenvalue weighted by Crippen LogP contribution is 2.17. The van der Waals surface area contributed by atoms with Gasteiger partial charge in [0.05, 0.1) is 11.9 Å². The van der Waals surface area contributed by atoms with Gasteiger partial charge in [0.25, 0.3) is 0 Å². The van der Waals surface area contributed by atoms with Gasteiger partial charge in [-0.05, 0) is 18.9 Å². The first-order chi connectivity index (χ1) is 8.27. The number of aromatic amines is 1. The van der Waals surface area contributed by atoms with Gasteiger partial charge >= 0.3 is 5.97 Å². The Kier molecular flexibility index (Phi) is 3.54. The first-order valence-corrected chi connectivity index (χ1v) is 5.50. The minimum atomic E-state index is -0.750. The van der Waals surface area contributed by atoms with Crippen LogP contribution in [0.3, 0.4) is 0 Å². The quantitative estimate of drug-likeness (QED) is 0.742. The Labute approximate surface area is 98.3 Å². The van der Waals surface area contributed by atoms with Gasteiger partial charge in [0.2, 0.25) is 0 Å². The number of H-pyrrole nitrogens is 1. The molecule has 0 unspecified atom stereocenters.